The van der Waals surface area contributed by atoms with Crippen LogP contribution in [0, 0.1) is 0 Å². The zero-order valence-corrected chi connectivity index (χ0v) is 10.9. The van der Waals surface area contributed by atoms with Gasteiger partial charge in [0.05, 0.1) is 25.0 Å². The number of nitrogens with zero attached hydrogens (tertiary/aromatic N) is 4. The Morgan fingerprint density at radius 1 is 1.29 bits per heavy atom. The van der Waals surface area contributed by atoms with Gasteiger partial charge in [-0.05, 0) is 12.1 Å². The molecule has 0 aliphatic carbocycles. The molecule has 0 aromatic carbocycles. The van der Waals surface area contributed by atoms with E-state index < -0.39 is 11.9 Å². The highest BCUT2D eigenvalue weighted by molar-refractivity contribution is 5.41. The predicted molar refractivity (Wildman–Crippen MR) is 66.2 cm³/mol. The Morgan fingerprint density at radius 3 is 2.86 bits per heavy atom. The van der Waals surface area contributed by atoms with Crippen molar-refractivity contribution in [3.63, 3.8) is 0 Å². The lowest BCUT2D eigenvalue weighted by molar-refractivity contribution is -0.141. The molecule has 0 saturated heterocycles. The number of hydrogen-bond acceptors (Lipinski definition) is 5. The van der Waals surface area contributed by atoms with Gasteiger partial charge in [-0.2, -0.15) is 13.2 Å². The quantitative estimate of drug-likeness (QED) is 0.936. The molecule has 0 unspecified atom stereocenters. The Labute approximate surface area is 118 Å². The molecule has 0 radical (unpaired) electrons. The number of anilines is 1. The number of hydrogen-bond donors (Lipinski definition) is 1. The van der Waals surface area contributed by atoms with Crippen molar-refractivity contribution in [2.24, 2.45) is 0 Å². The summed E-state index contributed by atoms with van der Waals surface area (Å²) in [4.78, 5) is 3.39. The van der Waals surface area contributed by atoms with E-state index in [0.29, 0.717) is 37.8 Å². The summed E-state index contributed by atoms with van der Waals surface area (Å²) in [7, 11) is 0. The van der Waals surface area contributed by atoms with E-state index >= 15 is 0 Å². The van der Waals surface area contributed by atoms with Gasteiger partial charge in [0.2, 0.25) is 0 Å². The summed E-state index contributed by atoms with van der Waals surface area (Å²) in [6, 6.07) is 2.28. The molecule has 0 fully saturated rings. The molecular weight excluding hydrogens is 287 g/mol. The summed E-state index contributed by atoms with van der Waals surface area (Å²) >= 11 is 0. The number of rotatable bonds is 3. The Balaban J connectivity index is 1.66. The van der Waals surface area contributed by atoms with Crippen molar-refractivity contribution >= 4 is 5.69 Å². The molecule has 0 amide bonds. The Morgan fingerprint density at radius 2 is 2.14 bits per heavy atom. The molecule has 3 heterocycles. The SMILES string of the molecule is FC(F)(F)c1ccc(NCc2nnc3n2CCOC3)cn1. The normalized spacial score (nSPS) is 14.8. The molecule has 112 valence electrons. The summed E-state index contributed by atoms with van der Waals surface area (Å²) in [5.41, 5.74) is -0.419. The van der Waals surface area contributed by atoms with E-state index in [1.165, 1.54) is 6.07 Å². The van der Waals surface area contributed by atoms with Gasteiger partial charge in [0.25, 0.3) is 0 Å². The Bertz CT molecular complexity index is 623. The lowest BCUT2D eigenvalue weighted by Gasteiger charge is -2.15. The minimum Gasteiger partial charge on any atom is -0.376 e. The van der Waals surface area contributed by atoms with Crippen LogP contribution in [-0.4, -0.2) is 26.4 Å². The first-order valence-electron chi connectivity index (χ1n) is 6.30. The van der Waals surface area contributed by atoms with Crippen LogP contribution < -0.4 is 5.32 Å². The molecule has 21 heavy (non-hydrogen) atoms. The Kier molecular flexibility index (Phi) is 3.50. The van der Waals surface area contributed by atoms with Crippen LogP contribution in [0.4, 0.5) is 18.9 Å². The van der Waals surface area contributed by atoms with Gasteiger partial charge in [-0.25, -0.2) is 4.98 Å². The minimum absolute atomic E-state index is 0.361. The van der Waals surface area contributed by atoms with E-state index in [1.807, 2.05) is 4.57 Å². The highest BCUT2D eigenvalue weighted by Gasteiger charge is 2.32. The zero-order chi connectivity index (χ0) is 14.9. The number of alkyl halides is 3. The van der Waals surface area contributed by atoms with Crippen molar-refractivity contribution in [1.82, 2.24) is 19.7 Å². The van der Waals surface area contributed by atoms with E-state index in [9.17, 15) is 13.2 Å². The number of nitrogens with one attached hydrogen (secondary N) is 1. The second-order valence-electron chi connectivity index (χ2n) is 4.52. The van der Waals surface area contributed by atoms with Crippen LogP contribution in [-0.2, 0) is 30.6 Å². The fourth-order valence-electron chi connectivity index (χ4n) is 2.03. The lowest BCUT2D eigenvalue weighted by atomic mass is 10.3. The number of ether oxygens (including phenoxy) is 1. The summed E-state index contributed by atoms with van der Waals surface area (Å²) in [5.74, 6) is 1.47. The van der Waals surface area contributed by atoms with Crippen LogP contribution in [0.1, 0.15) is 17.3 Å². The largest absolute Gasteiger partial charge is 0.433 e. The van der Waals surface area contributed by atoms with Gasteiger partial charge >= 0.3 is 6.18 Å². The van der Waals surface area contributed by atoms with Crippen molar-refractivity contribution in [2.75, 3.05) is 11.9 Å². The highest BCUT2D eigenvalue weighted by Crippen LogP contribution is 2.27. The molecule has 1 N–H and O–H groups in total. The topological polar surface area (TPSA) is 64.9 Å². The first-order valence-corrected chi connectivity index (χ1v) is 6.30. The predicted octanol–water partition coefficient (Wildman–Crippen LogP) is 1.83. The first-order chi connectivity index (χ1) is 10.0. The minimum atomic E-state index is -4.43. The van der Waals surface area contributed by atoms with Crippen LogP contribution >= 0.6 is 0 Å². The maximum Gasteiger partial charge on any atom is 0.433 e. The number of pyridine rings is 1. The van der Waals surface area contributed by atoms with E-state index in [2.05, 4.69) is 20.5 Å². The molecular formula is C12H12F3N5O. The van der Waals surface area contributed by atoms with E-state index in [1.54, 1.807) is 0 Å². The highest BCUT2D eigenvalue weighted by atomic mass is 19.4. The molecule has 0 atom stereocenters. The van der Waals surface area contributed by atoms with Gasteiger partial charge in [0.1, 0.15) is 12.3 Å². The summed E-state index contributed by atoms with van der Waals surface area (Å²) in [6.07, 6.45) is -3.27. The van der Waals surface area contributed by atoms with Crippen molar-refractivity contribution < 1.29 is 17.9 Å². The van der Waals surface area contributed by atoms with Crippen LogP contribution in [0.5, 0.6) is 0 Å². The molecule has 2 aromatic rings. The molecule has 1 aliphatic rings. The average molecular weight is 299 g/mol. The van der Waals surface area contributed by atoms with Gasteiger partial charge < -0.3 is 14.6 Å². The summed E-state index contributed by atoms with van der Waals surface area (Å²) in [6.45, 7) is 2.05. The maximum atomic E-state index is 12.4. The molecule has 1 aliphatic heterocycles. The number of fused-ring (bicyclic) bond motifs is 1. The van der Waals surface area contributed by atoms with Crippen molar-refractivity contribution in [3.05, 3.63) is 35.7 Å². The zero-order valence-electron chi connectivity index (χ0n) is 10.9. The van der Waals surface area contributed by atoms with E-state index in [0.717, 1.165) is 18.1 Å². The smallest absolute Gasteiger partial charge is 0.376 e. The van der Waals surface area contributed by atoms with Gasteiger partial charge in [0, 0.05) is 6.54 Å². The average Bonchev–Trinajstić information content (AvgIpc) is 2.88. The van der Waals surface area contributed by atoms with Gasteiger partial charge in [-0.1, -0.05) is 0 Å². The second kappa shape index (κ2) is 5.32. The third-order valence-electron chi connectivity index (χ3n) is 3.10. The molecule has 9 heteroatoms. The second-order valence-corrected chi connectivity index (χ2v) is 4.52. The molecule has 2 aromatic heterocycles. The maximum absolute atomic E-state index is 12.4. The van der Waals surface area contributed by atoms with Crippen LogP contribution in [0.25, 0.3) is 0 Å². The monoisotopic (exact) mass is 299 g/mol. The van der Waals surface area contributed by atoms with E-state index in [4.69, 9.17) is 4.74 Å². The molecule has 0 bridgehead atoms. The number of aromatic nitrogens is 4. The molecule has 0 saturated carbocycles. The van der Waals surface area contributed by atoms with Crippen LogP contribution in [0.2, 0.25) is 0 Å². The molecule has 3 rings (SSSR count). The van der Waals surface area contributed by atoms with Crippen LogP contribution in [0.3, 0.4) is 0 Å². The van der Waals surface area contributed by atoms with Gasteiger partial charge in [-0.15, -0.1) is 10.2 Å². The summed E-state index contributed by atoms with van der Waals surface area (Å²) < 4.78 is 44.4. The van der Waals surface area contributed by atoms with Crippen LogP contribution in [0.15, 0.2) is 18.3 Å². The molecule has 6 nitrogen and oxygen atoms in total. The Hall–Kier alpha value is -2.16. The van der Waals surface area contributed by atoms with Crippen molar-refractivity contribution in [2.45, 2.75) is 25.9 Å². The lowest BCUT2D eigenvalue weighted by Crippen LogP contribution is -2.19. The van der Waals surface area contributed by atoms with E-state index in [-0.39, 0.29) is 0 Å². The number of halogens is 3. The van der Waals surface area contributed by atoms with Crippen molar-refractivity contribution in [1.29, 1.82) is 0 Å². The van der Waals surface area contributed by atoms with Crippen molar-refractivity contribution in [3.8, 4) is 0 Å². The summed E-state index contributed by atoms with van der Waals surface area (Å²) in [5, 5.41) is 11.0. The fraction of sp³-hybridized carbons (Fsp3) is 0.417. The third-order valence-corrected chi connectivity index (χ3v) is 3.10. The van der Waals surface area contributed by atoms with Gasteiger partial charge in [-0.3, -0.25) is 0 Å². The molecule has 0 spiro atoms. The fourth-order valence-corrected chi connectivity index (χ4v) is 2.03. The van der Waals surface area contributed by atoms with Gasteiger partial charge in [0.15, 0.2) is 11.6 Å². The standard InChI is InChI=1S/C12H12F3N5O/c13-12(14,15)9-2-1-8(5-17-9)16-6-10-18-19-11-7-21-4-3-20(10)11/h1-2,5,16H,3-4,6-7H2. The first kappa shape index (κ1) is 13.8. The third kappa shape index (κ3) is 2.97.